The quantitative estimate of drug-likeness (QED) is 0.835. The van der Waals surface area contributed by atoms with Gasteiger partial charge in [0.2, 0.25) is 15.9 Å². The summed E-state index contributed by atoms with van der Waals surface area (Å²) >= 11 is 0. The topological polar surface area (TPSA) is 66.5 Å². The molecule has 3 rings (SSSR count). The maximum Gasteiger partial charge on any atom is 0.243 e. The van der Waals surface area contributed by atoms with E-state index in [0.29, 0.717) is 36.0 Å². The van der Waals surface area contributed by atoms with Gasteiger partial charge >= 0.3 is 0 Å². The van der Waals surface area contributed by atoms with Gasteiger partial charge in [-0.2, -0.15) is 4.31 Å². The molecule has 1 aromatic rings. The Morgan fingerprint density at radius 1 is 1.00 bits per heavy atom. The zero-order chi connectivity index (χ0) is 17.7. The first-order valence-electron chi connectivity index (χ1n) is 9.46. The smallest absolute Gasteiger partial charge is 0.243 e. The molecule has 1 heterocycles. The summed E-state index contributed by atoms with van der Waals surface area (Å²) in [6.45, 7) is 1.20. The summed E-state index contributed by atoms with van der Waals surface area (Å²) in [5.74, 6) is 0.702. The van der Waals surface area contributed by atoms with Gasteiger partial charge in [-0.05, 0) is 49.4 Å². The molecule has 0 aromatic heterocycles. The molecule has 138 valence electrons. The predicted octanol–water partition coefficient (Wildman–Crippen LogP) is 3.77. The number of benzene rings is 1. The molecule has 0 radical (unpaired) electrons. The number of hydrogen-bond acceptors (Lipinski definition) is 3. The third-order valence-electron chi connectivity index (χ3n) is 5.35. The molecule has 0 bridgehead atoms. The highest BCUT2D eigenvalue weighted by atomic mass is 32.2. The van der Waals surface area contributed by atoms with Crippen molar-refractivity contribution in [1.82, 2.24) is 4.31 Å². The van der Waals surface area contributed by atoms with Gasteiger partial charge in [0.1, 0.15) is 0 Å². The maximum atomic E-state index is 12.5. The Bertz CT molecular complexity index is 673. The van der Waals surface area contributed by atoms with E-state index in [9.17, 15) is 13.2 Å². The van der Waals surface area contributed by atoms with E-state index < -0.39 is 10.0 Å². The van der Waals surface area contributed by atoms with Crippen LogP contribution in [0.4, 0.5) is 5.69 Å². The summed E-state index contributed by atoms with van der Waals surface area (Å²) in [4.78, 5) is 12.4. The zero-order valence-corrected chi connectivity index (χ0v) is 15.6. The van der Waals surface area contributed by atoms with Gasteiger partial charge in [-0.3, -0.25) is 4.79 Å². The van der Waals surface area contributed by atoms with Crippen LogP contribution >= 0.6 is 0 Å². The average Bonchev–Trinajstić information content (AvgIpc) is 3.17. The first kappa shape index (κ1) is 18.4. The lowest BCUT2D eigenvalue weighted by molar-refractivity contribution is -0.116. The average molecular weight is 365 g/mol. The number of amides is 1. The van der Waals surface area contributed by atoms with Crippen LogP contribution in [-0.4, -0.2) is 31.7 Å². The molecule has 1 amide bonds. The Kier molecular flexibility index (Phi) is 6.12. The molecule has 1 aromatic carbocycles. The van der Waals surface area contributed by atoms with Crippen LogP contribution in [0.2, 0.25) is 0 Å². The number of nitrogens with one attached hydrogen (secondary N) is 1. The van der Waals surface area contributed by atoms with E-state index in [1.54, 1.807) is 24.3 Å². The van der Waals surface area contributed by atoms with E-state index in [1.165, 1.54) is 36.4 Å². The summed E-state index contributed by atoms with van der Waals surface area (Å²) in [7, 11) is -3.39. The fourth-order valence-corrected chi connectivity index (χ4v) is 5.34. The van der Waals surface area contributed by atoms with Crippen molar-refractivity contribution in [3.8, 4) is 0 Å². The van der Waals surface area contributed by atoms with E-state index in [-0.39, 0.29) is 5.91 Å². The van der Waals surface area contributed by atoms with E-state index in [2.05, 4.69) is 5.32 Å². The number of sulfonamides is 1. The van der Waals surface area contributed by atoms with Gasteiger partial charge in [0.25, 0.3) is 0 Å². The van der Waals surface area contributed by atoms with E-state index >= 15 is 0 Å². The second-order valence-electron chi connectivity index (χ2n) is 7.23. The van der Waals surface area contributed by atoms with Crippen molar-refractivity contribution in [2.45, 2.75) is 62.7 Å². The molecule has 1 aliphatic heterocycles. The van der Waals surface area contributed by atoms with Crippen LogP contribution in [-0.2, 0) is 14.8 Å². The summed E-state index contributed by atoms with van der Waals surface area (Å²) in [5.41, 5.74) is 0.661. The molecular weight excluding hydrogens is 336 g/mol. The highest BCUT2D eigenvalue weighted by Crippen LogP contribution is 2.27. The van der Waals surface area contributed by atoms with E-state index in [0.717, 1.165) is 19.3 Å². The molecule has 2 fully saturated rings. The molecule has 2 aliphatic rings. The molecule has 6 heteroatoms. The van der Waals surface area contributed by atoms with Gasteiger partial charge in [-0.25, -0.2) is 8.42 Å². The zero-order valence-electron chi connectivity index (χ0n) is 14.7. The van der Waals surface area contributed by atoms with Crippen LogP contribution in [0, 0.1) is 5.92 Å². The first-order chi connectivity index (χ1) is 12.1. The van der Waals surface area contributed by atoms with Crippen molar-refractivity contribution in [1.29, 1.82) is 0 Å². The minimum Gasteiger partial charge on any atom is -0.326 e. The first-order valence-corrected chi connectivity index (χ1v) is 10.9. The maximum absolute atomic E-state index is 12.5. The normalized spacial score (nSPS) is 19.8. The van der Waals surface area contributed by atoms with Crippen LogP contribution in [0.5, 0.6) is 0 Å². The summed E-state index contributed by atoms with van der Waals surface area (Å²) in [6.07, 6.45) is 9.75. The number of rotatable bonds is 6. The van der Waals surface area contributed by atoms with Gasteiger partial charge < -0.3 is 5.32 Å². The highest BCUT2D eigenvalue weighted by Gasteiger charge is 2.26. The molecule has 1 aliphatic carbocycles. The fourth-order valence-electron chi connectivity index (χ4n) is 3.82. The standard InChI is InChI=1S/C19H28N2O3S/c22-19(13-8-16-6-2-1-3-7-16)20-17-9-11-18(12-10-17)25(23,24)21-14-4-5-15-21/h9-12,16H,1-8,13-15H2,(H,20,22). The minimum absolute atomic E-state index is 0.0146. The largest absolute Gasteiger partial charge is 0.326 e. The van der Waals surface area contributed by atoms with Crippen LogP contribution in [0.15, 0.2) is 29.2 Å². The monoisotopic (exact) mass is 364 g/mol. The van der Waals surface area contributed by atoms with Crippen molar-refractivity contribution in [2.75, 3.05) is 18.4 Å². The lowest BCUT2D eigenvalue weighted by Crippen LogP contribution is -2.27. The predicted molar refractivity (Wildman–Crippen MR) is 98.9 cm³/mol. The van der Waals surface area contributed by atoms with Gasteiger partial charge in [-0.1, -0.05) is 32.1 Å². The van der Waals surface area contributed by atoms with Crippen LogP contribution in [0.1, 0.15) is 57.8 Å². The second kappa shape index (κ2) is 8.32. The number of hydrogen-bond donors (Lipinski definition) is 1. The third-order valence-corrected chi connectivity index (χ3v) is 7.26. The van der Waals surface area contributed by atoms with Crippen LogP contribution in [0.25, 0.3) is 0 Å². The lowest BCUT2D eigenvalue weighted by Gasteiger charge is -2.21. The number of anilines is 1. The molecule has 1 saturated heterocycles. The van der Waals surface area contributed by atoms with Gasteiger partial charge in [0.05, 0.1) is 4.90 Å². The Balaban J connectivity index is 1.52. The molecular formula is C19H28N2O3S. The lowest BCUT2D eigenvalue weighted by atomic mass is 9.86. The summed E-state index contributed by atoms with van der Waals surface area (Å²) in [5, 5.41) is 2.88. The van der Waals surface area contributed by atoms with Crippen LogP contribution < -0.4 is 5.32 Å². The Morgan fingerprint density at radius 2 is 1.64 bits per heavy atom. The Morgan fingerprint density at radius 3 is 2.28 bits per heavy atom. The number of carbonyl (C=O) groups is 1. The van der Waals surface area contributed by atoms with Crippen molar-refractivity contribution >= 4 is 21.6 Å². The summed E-state index contributed by atoms with van der Waals surface area (Å²) in [6, 6.07) is 6.54. The molecule has 0 atom stereocenters. The third kappa shape index (κ3) is 4.82. The molecule has 1 saturated carbocycles. The number of nitrogens with zero attached hydrogens (tertiary/aromatic N) is 1. The molecule has 25 heavy (non-hydrogen) atoms. The van der Waals surface area contributed by atoms with Crippen molar-refractivity contribution in [2.24, 2.45) is 5.92 Å². The molecule has 0 unspecified atom stereocenters. The van der Waals surface area contributed by atoms with Crippen LogP contribution in [0.3, 0.4) is 0 Å². The van der Waals surface area contributed by atoms with E-state index in [4.69, 9.17) is 0 Å². The van der Waals surface area contributed by atoms with Gasteiger partial charge in [0, 0.05) is 25.2 Å². The van der Waals surface area contributed by atoms with Gasteiger partial charge in [-0.15, -0.1) is 0 Å². The highest BCUT2D eigenvalue weighted by molar-refractivity contribution is 7.89. The SMILES string of the molecule is O=C(CCC1CCCCC1)Nc1ccc(S(=O)(=O)N2CCCC2)cc1. The second-order valence-corrected chi connectivity index (χ2v) is 9.16. The Hall–Kier alpha value is -1.40. The van der Waals surface area contributed by atoms with E-state index in [1.807, 2.05) is 0 Å². The summed E-state index contributed by atoms with van der Waals surface area (Å²) < 4.78 is 26.5. The van der Waals surface area contributed by atoms with Crippen molar-refractivity contribution < 1.29 is 13.2 Å². The fraction of sp³-hybridized carbons (Fsp3) is 0.632. The van der Waals surface area contributed by atoms with Crippen molar-refractivity contribution in [3.63, 3.8) is 0 Å². The molecule has 0 spiro atoms. The molecule has 1 N–H and O–H groups in total. The Labute approximate surface area is 150 Å². The van der Waals surface area contributed by atoms with Crippen molar-refractivity contribution in [3.05, 3.63) is 24.3 Å². The van der Waals surface area contributed by atoms with Gasteiger partial charge in [0.15, 0.2) is 0 Å². The number of carbonyl (C=O) groups excluding carboxylic acids is 1. The molecule has 5 nitrogen and oxygen atoms in total. The minimum atomic E-state index is -3.39.